The molecule has 1 rings (SSSR count). The van der Waals surface area contributed by atoms with Gasteiger partial charge in [0.05, 0.1) is 12.4 Å². The number of anilines is 1. The van der Waals surface area contributed by atoms with E-state index in [0.717, 1.165) is 5.03 Å². The van der Waals surface area contributed by atoms with Crippen LogP contribution in [0.2, 0.25) is 0 Å². The van der Waals surface area contributed by atoms with E-state index in [0.29, 0.717) is 5.82 Å². The number of nitrogens with zero attached hydrogens (tertiary/aromatic N) is 2. The van der Waals surface area contributed by atoms with Crippen LogP contribution < -0.4 is 5.73 Å². The summed E-state index contributed by atoms with van der Waals surface area (Å²) >= 11 is 4.42. The van der Waals surface area contributed by atoms with Crippen molar-refractivity contribution in [3.05, 3.63) is 12.4 Å². The summed E-state index contributed by atoms with van der Waals surface area (Å²) in [6.07, 6.45) is 7.31. The van der Waals surface area contributed by atoms with Crippen LogP contribution >= 0.6 is 20.7 Å². The van der Waals surface area contributed by atoms with Crippen LogP contribution in [0.5, 0.6) is 0 Å². The van der Waals surface area contributed by atoms with Gasteiger partial charge in [0.1, 0.15) is 10.8 Å². The van der Waals surface area contributed by atoms with Gasteiger partial charge in [0.2, 0.25) is 0 Å². The van der Waals surface area contributed by atoms with Crippen LogP contribution in [0.4, 0.5) is 5.82 Å². The normalized spacial score (nSPS) is 13.0. The van der Waals surface area contributed by atoms with Gasteiger partial charge in [0, 0.05) is 0 Å². The molecule has 5 heteroatoms. The highest BCUT2D eigenvalue weighted by Gasteiger charge is 2.09. The smallest absolute Gasteiger partial charge is 0.141 e. The topological polar surface area (TPSA) is 51.8 Å². The molecule has 1 heterocycles. The molecule has 0 bridgehead atoms. The van der Waals surface area contributed by atoms with Crippen LogP contribution in [0.15, 0.2) is 17.4 Å². The van der Waals surface area contributed by atoms with Crippen LogP contribution in [0, 0.1) is 0 Å². The van der Waals surface area contributed by atoms with E-state index in [1.54, 1.807) is 12.4 Å². The lowest BCUT2D eigenvalue weighted by Crippen LogP contribution is -1.96. The molecule has 0 saturated heterocycles. The minimum Gasteiger partial charge on any atom is -0.382 e. The molecule has 1 aromatic heterocycles. The van der Waals surface area contributed by atoms with Crippen LogP contribution in [-0.2, 0) is 0 Å². The number of hydrogen-bond acceptors (Lipinski definition) is 4. The van der Waals surface area contributed by atoms with Crippen molar-refractivity contribution in [2.75, 3.05) is 18.2 Å². The van der Waals surface area contributed by atoms with E-state index in [1.807, 2.05) is 12.5 Å². The van der Waals surface area contributed by atoms with Crippen molar-refractivity contribution in [3.8, 4) is 0 Å². The predicted molar refractivity (Wildman–Crippen MR) is 53.1 cm³/mol. The maximum Gasteiger partial charge on any atom is 0.141 e. The summed E-state index contributed by atoms with van der Waals surface area (Å²) in [4.78, 5) is 8.06. The van der Waals surface area contributed by atoms with Crippen molar-refractivity contribution < 1.29 is 0 Å². The molecule has 3 nitrogen and oxygen atoms in total. The fourth-order valence-corrected chi connectivity index (χ4v) is 1.49. The molecule has 0 atom stereocenters. The van der Waals surface area contributed by atoms with Gasteiger partial charge in [-0.2, -0.15) is 9.06 Å². The first-order chi connectivity index (χ1) is 5.00. The fraction of sp³-hybridized carbons (Fsp3) is 0.333. The highest BCUT2D eigenvalue weighted by atomic mass is 33.1. The maximum absolute atomic E-state index is 5.38. The molecule has 0 radical (unpaired) electrons. The molecular weight excluding hydrogens is 178 g/mol. The van der Waals surface area contributed by atoms with Gasteiger partial charge in [-0.3, -0.25) is 0 Å². The predicted octanol–water partition coefficient (Wildman–Crippen LogP) is 1.33. The van der Waals surface area contributed by atoms with Crippen molar-refractivity contribution in [2.45, 2.75) is 5.03 Å². The third-order valence-electron chi connectivity index (χ3n) is 1.16. The lowest BCUT2D eigenvalue weighted by atomic mass is 10.7. The van der Waals surface area contributed by atoms with Gasteiger partial charge in [-0.15, -0.1) is 11.7 Å². The highest BCUT2D eigenvalue weighted by molar-refractivity contribution is 8.87. The summed E-state index contributed by atoms with van der Waals surface area (Å²) in [6.45, 7) is 0. The first kappa shape index (κ1) is 8.67. The Kier molecular flexibility index (Phi) is 2.29. The Balaban J connectivity index is 2.99. The molecule has 0 fully saturated rings. The molecule has 0 aromatic carbocycles. The Morgan fingerprint density at radius 1 is 1.36 bits per heavy atom. The monoisotopic (exact) mass is 189 g/mol. The van der Waals surface area contributed by atoms with E-state index in [2.05, 4.69) is 21.6 Å². The van der Waals surface area contributed by atoms with Gasteiger partial charge >= 0.3 is 0 Å². The summed E-state index contributed by atoms with van der Waals surface area (Å²) in [6, 6.07) is 0. The lowest BCUT2D eigenvalue weighted by molar-refractivity contribution is 1.06. The van der Waals surface area contributed by atoms with E-state index in [4.69, 9.17) is 5.73 Å². The zero-order valence-electron chi connectivity index (χ0n) is 6.48. The zero-order chi connectivity index (χ0) is 8.48. The quantitative estimate of drug-likeness (QED) is 0.517. The number of thiol groups is 1. The van der Waals surface area contributed by atoms with Crippen molar-refractivity contribution in [2.24, 2.45) is 0 Å². The number of hydrogen-bond donors (Lipinski definition) is 2. The molecule has 0 saturated carbocycles. The lowest BCUT2D eigenvalue weighted by Gasteiger charge is -2.21. The van der Waals surface area contributed by atoms with Crippen LogP contribution in [-0.4, -0.2) is 22.5 Å². The number of nitrogen functional groups attached to an aromatic ring is 1. The van der Waals surface area contributed by atoms with Gasteiger partial charge in [-0.25, -0.2) is 9.97 Å². The van der Waals surface area contributed by atoms with Crippen molar-refractivity contribution >= 4 is 26.5 Å². The van der Waals surface area contributed by atoms with Crippen molar-refractivity contribution in [3.63, 3.8) is 0 Å². The van der Waals surface area contributed by atoms with Gasteiger partial charge in [-0.1, -0.05) is 0 Å². The molecule has 0 unspecified atom stereocenters. The molecule has 0 spiro atoms. The Morgan fingerprint density at radius 3 is 2.36 bits per heavy atom. The van der Waals surface area contributed by atoms with Crippen LogP contribution in [0.1, 0.15) is 0 Å². The van der Waals surface area contributed by atoms with Crippen molar-refractivity contribution in [1.82, 2.24) is 9.97 Å². The molecule has 11 heavy (non-hydrogen) atoms. The highest BCUT2D eigenvalue weighted by Crippen LogP contribution is 2.51. The first-order valence-electron chi connectivity index (χ1n) is 3.03. The van der Waals surface area contributed by atoms with E-state index >= 15 is 0 Å². The van der Waals surface area contributed by atoms with E-state index < -0.39 is 9.06 Å². The summed E-state index contributed by atoms with van der Waals surface area (Å²) in [7, 11) is -1.05. The second-order valence-electron chi connectivity index (χ2n) is 2.55. The van der Waals surface area contributed by atoms with Gasteiger partial charge in [0.25, 0.3) is 0 Å². The third-order valence-corrected chi connectivity index (χ3v) is 2.96. The number of nitrogens with two attached hydrogens (primary N) is 1. The first-order valence-corrected chi connectivity index (χ1v) is 6.53. The molecule has 0 amide bonds. The summed E-state index contributed by atoms with van der Waals surface area (Å²) < 4.78 is 0. The number of aromatic nitrogens is 2. The second kappa shape index (κ2) is 2.91. The molecule has 1 aromatic rings. The number of rotatable bonds is 1. The van der Waals surface area contributed by atoms with Gasteiger partial charge in [0.15, 0.2) is 0 Å². The Hall–Kier alpha value is -0.420. The average molecular weight is 189 g/mol. The summed E-state index contributed by atoms with van der Waals surface area (Å²) in [5.41, 5.74) is 5.38. The van der Waals surface area contributed by atoms with Gasteiger partial charge < -0.3 is 5.73 Å². The van der Waals surface area contributed by atoms with E-state index in [-0.39, 0.29) is 0 Å². The fourth-order valence-electron chi connectivity index (χ4n) is 0.584. The van der Waals surface area contributed by atoms with Gasteiger partial charge in [-0.05, 0) is 12.5 Å². The Bertz CT molecular complexity index is 239. The summed E-state index contributed by atoms with van der Waals surface area (Å²) in [5, 5.41) is 0.912. The minimum absolute atomic E-state index is 0.450. The molecule has 0 aliphatic heterocycles. The van der Waals surface area contributed by atoms with Crippen LogP contribution in [0.3, 0.4) is 0 Å². The maximum atomic E-state index is 5.38. The second-order valence-corrected chi connectivity index (χ2v) is 8.26. The minimum atomic E-state index is -1.05. The van der Waals surface area contributed by atoms with Crippen LogP contribution in [0.25, 0.3) is 0 Å². The molecular formula is C6H11N3S2. The summed E-state index contributed by atoms with van der Waals surface area (Å²) in [5.74, 6) is 0.450. The molecule has 2 N–H and O–H groups in total. The molecule has 0 aliphatic carbocycles. The Labute approximate surface area is 72.6 Å². The van der Waals surface area contributed by atoms with Crippen molar-refractivity contribution in [1.29, 1.82) is 0 Å². The standard InChI is InChI=1S/C6H11N3S2/c1-11(2,10)6-4-8-5(7)3-9-6/h3-4,10H,1-2H3,(H2,7,8). The van der Waals surface area contributed by atoms with E-state index in [9.17, 15) is 0 Å². The SMILES string of the molecule is CS(C)(S)c1cnc(N)cn1. The average Bonchev–Trinajstić information content (AvgIpc) is 1.86. The Morgan fingerprint density at radius 2 is 2.00 bits per heavy atom. The third kappa shape index (κ3) is 2.27. The molecule has 62 valence electrons. The largest absolute Gasteiger partial charge is 0.382 e. The zero-order valence-corrected chi connectivity index (χ0v) is 8.19. The molecule has 0 aliphatic rings. The van der Waals surface area contributed by atoms with E-state index in [1.165, 1.54) is 0 Å².